The second-order valence-electron chi connectivity index (χ2n) is 7.97. The first-order valence-electron chi connectivity index (χ1n) is 9.71. The van der Waals surface area contributed by atoms with Crippen LogP contribution in [0.3, 0.4) is 0 Å². The highest BCUT2D eigenvalue weighted by Crippen LogP contribution is 2.39. The van der Waals surface area contributed by atoms with Gasteiger partial charge >= 0.3 is 0 Å². The van der Waals surface area contributed by atoms with Crippen molar-refractivity contribution in [1.82, 2.24) is 10.3 Å². The van der Waals surface area contributed by atoms with E-state index in [9.17, 15) is 9.59 Å². The lowest BCUT2D eigenvalue weighted by Crippen LogP contribution is -2.53. The third kappa shape index (κ3) is 3.99. The fourth-order valence-electron chi connectivity index (χ4n) is 5.10. The number of aromatic nitrogens is 1. The average Bonchev–Trinajstić information content (AvgIpc) is 2.85. The largest absolute Gasteiger partial charge is 0.354 e. The Balaban J connectivity index is 0.00000243. The number of fused-ring (bicyclic) bond motifs is 2. The molecule has 0 aromatic carbocycles. The maximum Gasteiger partial charge on any atom is 0.268 e. The van der Waals surface area contributed by atoms with Gasteiger partial charge in [0.2, 0.25) is 0 Å². The molecule has 2 aliphatic carbocycles. The SMILES string of the molecule is CCCc1c(C(=O)NC2C3CCCC2CC(N)C3)[nH]c(C)c1C(C)=O.Cl. The summed E-state index contributed by atoms with van der Waals surface area (Å²) in [5, 5.41) is 3.30. The van der Waals surface area contributed by atoms with E-state index in [0.717, 1.165) is 49.8 Å². The number of hydrogen-bond acceptors (Lipinski definition) is 3. The Labute approximate surface area is 162 Å². The number of halogens is 1. The van der Waals surface area contributed by atoms with Crippen molar-refractivity contribution in [3.8, 4) is 0 Å². The molecule has 1 heterocycles. The van der Waals surface area contributed by atoms with E-state index >= 15 is 0 Å². The standard InChI is InChI=1S/C20H31N3O2.ClH/c1-4-6-16-17(12(3)24)11(2)22-19(16)20(25)23-18-13-7-5-8-14(18)10-15(21)9-13;/h13-15,18,22H,4-10,21H2,1-3H3,(H,23,25);1H. The number of aromatic amines is 1. The molecule has 1 amide bonds. The number of amides is 1. The van der Waals surface area contributed by atoms with Crippen LogP contribution in [0.25, 0.3) is 0 Å². The Morgan fingerprint density at radius 3 is 2.38 bits per heavy atom. The lowest BCUT2D eigenvalue weighted by Gasteiger charge is -2.45. The molecule has 2 aliphatic rings. The van der Waals surface area contributed by atoms with Crippen molar-refractivity contribution in [3.05, 3.63) is 22.5 Å². The number of H-pyrrole nitrogens is 1. The van der Waals surface area contributed by atoms with E-state index in [4.69, 9.17) is 5.73 Å². The van der Waals surface area contributed by atoms with Gasteiger partial charge in [0.1, 0.15) is 5.69 Å². The maximum absolute atomic E-state index is 13.0. The highest BCUT2D eigenvalue weighted by molar-refractivity contribution is 6.02. The van der Waals surface area contributed by atoms with Crippen molar-refractivity contribution in [2.45, 2.75) is 77.8 Å². The van der Waals surface area contributed by atoms with Crippen LogP contribution in [0.1, 0.15) is 84.5 Å². The molecule has 0 radical (unpaired) electrons. The quantitative estimate of drug-likeness (QED) is 0.681. The van der Waals surface area contributed by atoms with Gasteiger partial charge in [-0.25, -0.2) is 0 Å². The van der Waals surface area contributed by atoms with E-state index in [2.05, 4.69) is 17.2 Å². The minimum atomic E-state index is -0.0589. The van der Waals surface area contributed by atoms with Crippen molar-refractivity contribution in [1.29, 1.82) is 0 Å². The molecule has 1 aromatic heterocycles. The lowest BCUT2D eigenvalue weighted by atomic mass is 9.67. The van der Waals surface area contributed by atoms with E-state index in [1.807, 2.05) is 6.92 Å². The first kappa shape index (κ1) is 21.0. The van der Waals surface area contributed by atoms with Gasteiger partial charge in [-0.05, 0) is 63.4 Å². The van der Waals surface area contributed by atoms with Gasteiger partial charge in [-0.3, -0.25) is 9.59 Å². The molecule has 2 fully saturated rings. The van der Waals surface area contributed by atoms with Gasteiger partial charge in [0.15, 0.2) is 5.78 Å². The molecular formula is C20H32ClN3O2. The summed E-state index contributed by atoms with van der Waals surface area (Å²) < 4.78 is 0. The van der Waals surface area contributed by atoms with Crippen LogP contribution in [0.4, 0.5) is 0 Å². The van der Waals surface area contributed by atoms with Gasteiger partial charge in [-0.1, -0.05) is 19.8 Å². The van der Waals surface area contributed by atoms with Gasteiger partial charge in [-0.15, -0.1) is 12.4 Å². The molecule has 2 bridgehead atoms. The van der Waals surface area contributed by atoms with Crippen LogP contribution in [-0.4, -0.2) is 28.8 Å². The Morgan fingerprint density at radius 2 is 1.85 bits per heavy atom. The van der Waals surface area contributed by atoms with Gasteiger partial charge in [0.05, 0.1) is 0 Å². The average molecular weight is 382 g/mol. The smallest absolute Gasteiger partial charge is 0.268 e. The van der Waals surface area contributed by atoms with E-state index in [1.165, 1.54) is 6.42 Å². The molecule has 4 N–H and O–H groups in total. The van der Waals surface area contributed by atoms with E-state index < -0.39 is 0 Å². The number of Topliss-reactive ketones (excluding diaryl/α,β-unsaturated/α-hetero) is 1. The van der Waals surface area contributed by atoms with Gasteiger partial charge in [0.25, 0.3) is 5.91 Å². The van der Waals surface area contributed by atoms with Crippen molar-refractivity contribution < 1.29 is 9.59 Å². The summed E-state index contributed by atoms with van der Waals surface area (Å²) in [6.45, 7) is 5.52. The topological polar surface area (TPSA) is 88.0 Å². The molecule has 26 heavy (non-hydrogen) atoms. The summed E-state index contributed by atoms with van der Waals surface area (Å²) in [5.41, 5.74) is 9.14. The summed E-state index contributed by atoms with van der Waals surface area (Å²) in [6.07, 6.45) is 7.20. The highest BCUT2D eigenvalue weighted by atomic mass is 35.5. The molecule has 2 atom stereocenters. The van der Waals surface area contributed by atoms with Crippen LogP contribution in [0.15, 0.2) is 0 Å². The van der Waals surface area contributed by atoms with Gasteiger partial charge in [-0.2, -0.15) is 0 Å². The van der Waals surface area contributed by atoms with Crippen LogP contribution in [0, 0.1) is 18.8 Å². The Morgan fingerprint density at radius 1 is 1.23 bits per heavy atom. The summed E-state index contributed by atoms with van der Waals surface area (Å²) in [5.74, 6) is 0.946. The summed E-state index contributed by atoms with van der Waals surface area (Å²) in [7, 11) is 0. The number of nitrogens with two attached hydrogens (primary N) is 1. The molecule has 2 saturated carbocycles. The maximum atomic E-state index is 13.0. The van der Waals surface area contributed by atoms with Crippen molar-refractivity contribution in [2.24, 2.45) is 17.6 Å². The molecule has 1 aromatic rings. The number of aryl methyl sites for hydroxylation is 1. The van der Waals surface area contributed by atoms with Gasteiger partial charge < -0.3 is 16.0 Å². The molecule has 2 unspecified atom stereocenters. The number of carbonyl (C=O) groups excluding carboxylic acids is 2. The molecule has 3 rings (SSSR count). The molecule has 0 saturated heterocycles. The van der Waals surface area contributed by atoms with E-state index in [1.54, 1.807) is 6.92 Å². The number of nitrogens with one attached hydrogen (secondary N) is 2. The first-order valence-corrected chi connectivity index (χ1v) is 9.71. The molecule has 5 nitrogen and oxygen atoms in total. The monoisotopic (exact) mass is 381 g/mol. The Hall–Kier alpha value is -1.33. The molecule has 146 valence electrons. The Kier molecular flexibility index (Phi) is 6.92. The predicted molar refractivity (Wildman–Crippen MR) is 106 cm³/mol. The van der Waals surface area contributed by atoms with Crippen molar-refractivity contribution in [2.75, 3.05) is 0 Å². The first-order chi connectivity index (χ1) is 11.9. The minimum absolute atomic E-state index is 0. The lowest BCUT2D eigenvalue weighted by molar-refractivity contribution is 0.0751. The second kappa shape index (κ2) is 8.57. The number of carbonyl (C=O) groups is 2. The third-order valence-electron chi connectivity index (χ3n) is 6.04. The molecule has 6 heteroatoms. The highest BCUT2D eigenvalue weighted by Gasteiger charge is 2.40. The van der Waals surface area contributed by atoms with Crippen LogP contribution in [-0.2, 0) is 6.42 Å². The zero-order valence-corrected chi connectivity index (χ0v) is 16.9. The summed E-state index contributed by atoms with van der Waals surface area (Å²) in [6, 6.07) is 0.496. The zero-order valence-electron chi connectivity index (χ0n) is 16.1. The molecule has 0 aliphatic heterocycles. The van der Waals surface area contributed by atoms with Crippen LogP contribution < -0.4 is 11.1 Å². The van der Waals surface area contributed by atoms with Crippen molar-refractivity contribution >= 4 is 24.1 Å². The van der Waals surface area contributed by atoms with Crippen LogP contribution in [0.2, 0.25) is 0 Å². The third-order valence-corrected chi connectivity index (χ3v) is 6.04. The van der Waals surface area contributed by atoms with E-state index in [-0.39, 0.29) is 36.2 Å². The zero-order chi connectivity index (χ0) is 18.1. The van der Waals surface area contributed by atoms with E-state index in [0.29, 0.717) is 23.1 Å². The second-order valence-corrected chi connectivity index (χ2v) is 7.97. The normalized spacial score (nSPS) is 27.5. The van der Waals surface area contributed by atoms with Gasteiger partial charge in [0, 0.05) is 23.3 Å². The van der Waals surface area contributed by atoms with Crippen molar-refractivity contribution in [3.63, 3.8) is 0 Å². The summed E-state index contributed by atoms with van der Waals surface area (Å²) >= 11 is 0. The molecule has 0 spiro atoms. The number of rotatable bonds is 5. The number of hydrogen-bond donors (Lipinski definition) is 3. The predicted octanol–water partition coefficient (Wildman–Crippen LogP) is 3.54. The van der Waals surface area contributed by atoms with Crippen LogP contribution >= 0.6 is 12.4 Å². The fraction of sp³-hybridized carbons (Fsp3) is 0.700. The fourth-order valence-corrected chi connectivity index (χ4v) is 5.10. The van der Waals surface area contributed by atoms with Crippen LogP contribution in [0.5, 0.6) is 0 Å². The Bertz CT molecular complexity index is 656. The summed E-state index contributed by atoms with van der Waals surface area (Å²) in [4.78, 5) is 28.2. The molecular weight excluding hydrogens is 350 g/mol. The minimum Gasteiger partial charge on any atom is -0.354 e. The number of ketones is 1.